The molecule has 1 fully saturated rings. The van der Waals surface area contributed by atoms with Crippen LogP contribution < -0.4 is 9.64 Å². The van der Waals surface area contributed by atoms with Crippen LogP contribution in [0.25, 0.3) is 5.82 Å². The largest absolute Gasteiger partial charge is 0.492 e. The second kappa shape index (κ2) is 7.97. The van der Waals surface area contributed by atoms with Crippen molar-refractivity contribution in [3.8, 4) is 11.6 Å². The number of anilines is 1. The summed E-state index contributed by atoms with van der Waals surface area (Å²) >= 11 is 0. The fourth-order valence-electron chi connectivity index (χ4n) is 3.05. The number of nitrogens with zero attached hydrogens (tertiary/aromatic N) is 6. The third-order valence-corrected chi connectivity index (χ3v) is 4.49. The molecule has 0 unspecified atom stereocenters. The van der Waals surface area contributed by atoms with Crippen LogP contribution in [-0.2, 0) is 0 Å². The standard InChI is InChI=1S/C19H22N6O/c1-2-5-17(6-3-1)26-14-13-23-9-11-24(12-10-23)18-15-19(21-16-20-18)25-8-4-7-22-25/h1-8,15-16H,9-14H2. The minimum absolute atomic E-state index is 0.709. The second-order valence-electron chi connectivity index (χ2n) is 6.18. The van der Waals surface area contributed by atoms with Crippen LogP contribution in [0.15, 0.2) is 61.2 Å². The van der Waals surface area contributed by atoms with E-state index >= 15 is 0 Å². The van der Waals surface area contributed by atoms with Gasteiger partial charge in [0.2, 0.25) is 0 Å². The van der Waals surface area contributed by atoms with Gasteiger partial charge in [-0.3, -0.25) is 4.90 Å². The van der Waals surface area contributed by atoms with E-state index in [0.717, 1.165) is 50.1 Å². The molecule has 7 heteroatoms. The van der Waals surface area contributed by atoms with Crippen molar-refractivity contribution >= 4 is 5.82 Å². The van der Waals surface area contributed by atoms with Gasteiger partial charge in [-0.25, -0.2) is 14.6 Å². The van der Waals surface area contributed by atoms with Gasteiger partial charge in [-0.15, -0.1) is 0 Å². The van der Waals surface area contributed by atoms with E-state index in [4.69, 9.17) is 4.74 Å². The van der Waals surface area contributed by atoms with Crippen LogP contribution in [0.3, 0.4) is 0 Å². The Morgan fingerprint density at radius 2 is 1.73 bits per heavy atom. The van der Waals surface area contributed by atoms with Crippen molar-refractivity contribution < 1.29 is 4.74 Å². The highest BCUT2D eigenvalue weighted by Crippen LogP contribution is 2.15. The first-order valence-electron chi connectivity index (χ1n) is 8.86. The average Bonchev–Trinajstić information content (AvgIpc) is 3.24. The van der Waals surface area contributed by atoms with E-state index in [0.29, 0.717) is 6.61 Å². The number of para-hydroxylation sites is 1. The maximum Gasteiger partial charge on any atom is 0.158 e. The first-order chi connectivity index (χ1) is 12.9. The Labute approximate surface area is 152 Å². The lowest BCUT2D eigenvalue weighted by Gasteiger charge is -2.35. The molecule has 0 amide bonds. The Hall–Kier alpha value is -2.93. The Balaban J connectivity index is 1.28. The van der Waals surface area contributed by atoms with Gasteiger partial charge >= 0.3 is 0 Å². The third kappa shape index (κ3) is 4.00. The highest BCUT2D eigenvalue weighted by atomic mass is 16.5. The molecule has 7 nitrogen and oxygen atoms in total. The van der Waals surface area contributed by atoms with Gasteiger partial charge in [0, 0.05) is 51.2 Å². The molecule has 0 bridgehead atoms. The lowest BCUT2D eigenvalue weighted by atomic mass is 10.3. The number of benzene rings is 1. The number of rotatable bonds is 6. The van der Waals surface area contributed by atoms with E-state index in [1.54, 1.807) is 17.2 Å². The van der Waals surface area contributed by atoms with E-state index in [-0.39, 0.29) is 0 Å². The van der Waals surface area contributed by atoms with Gasteiger partial charge in [0.25, 0.3) is 0 Å². The van der Waals surface area contributed by atoms with Gasteiger partial charge < -0.3 is 9.64 Å². The van der Waals surface area contributed by atoms with Crippen LogP contribution in [0.5, 0.6) is 5.75 Å². The first kappa shape index (κ1) is 16.5. The molecule has 1 saturated heterocycles. The number of ether oxygens (including phenoxy) is 1. The fraction of sp³-hybridized carbons (Fsp3) is 0.316. The molecular weight excluding hydrogens is 328 g/mol. The summed E-state index contributed by atoms with van der Waals surface area (Å²) in [5, 5.41) is 4.23. The van der Waals surface area contributed by atoms with E-state index in [2.05, 4.69) is 24.9 Å². The molecule has 3 aromatic rings. The molecule has 0 aliphatic carbocycles. The molecule has 1 aromatic carbocycles. The fourth-order valence-corrected chi connectivity index (χ4v) is 3.05. The number of aromatic nitrogens is 4. The molecule has 0 saturated carbocycles. The van der Waals surface area contributed by atoms with Crippen LogP contribution >= 0.6 is 0 Å². The van der Waals surface area contributed by atoms with Crippen LogP contribution in [0.2, 0.25) is 0 Å². The van der Waals surface area contributed by atoms with Gasteiger partial charge in [0.1, 0.15) is 24.5 Å². The van der Waals surface area contributed by atoms with Crippen molar-refractivity contribution in [2.24, 2.45) is 0 Å². The Morgan fingerprint density at radius 3 is 2.50 bits per heavy atom. The maximum absolute atomic E-state index is 5.79. The van der Waals surface area contributed by atoms with Crippen molar-refractivity contribution in [1.29, 1.82) is 0 Å². The minimum Gasteiger partial charge on any atom is -0.492 e. The van der Waals surface area contributed by atoms with Gasteiger partial charge in [-0.1, -0.05) is 18.2 Å². The zero-order valence-corrected chi connectivity index (χ0v) is 14.6. The summed E-state index contributed by atoms with van der Waals surface area (Å²) in [6.07, 6.45) is 5.24. The summed E-state index contributed by atoms with van der Waals surface area (Å²) in [6, 6.07) is 13.8. The minimum atomic E-state index is 0.709. The summed E-state index contributed by atoms with van der Waals surface area (Å²) in [5.74, 6) is 2.67. The molecule has 0 N–H and O–H groups in total. The van der Waals surface area contributed by atoms with Crippen molar-refractivity contribution in [2.75, 3.05) is 44.2 Å². The lowest BCUT2D eigenvalue weighted by Crippen LogP contribution is -2.47. The van der Waals surface area contributed by atoms with Crippen molar-refractivity contribution in [1.82, 2.24) is 24.6 Å². The molecule has 3 heterocycles. The Morgan fingerprint density at radius 1 is 0.923 bits per heavy atom. The molecular formula is C19H22N6O. The average molecular weight is 350 g/mol. The molecule has 26 heavy (non-hydrogen) atoms. The number of piperazine rings is 1. The Bertz CT molecular complexity index is 800. The summed E-state index contributed by atoms with van der Waals surface area (Å²) in [5.41, 5.74) is 0. The van der Waals surface area contributed by atoms with E-state index in [1.807, 2.05) is 48.7 Å². The second-order valence-corrected chi connectivity index (χ2v) is 6.18. The highest BCUT2D eigenvalue weighted by molar-refractivity contribution is 5.43. The van der Waals surface area contributed by atoms with Crippen LogP contribution in [0.4, 0.5) is 5.82 Å². The third-order valence-electron chi connectivity index (χ3n) is 4.49. The summed E-state index contributed by atoms with van der Waals surface area (Å²) in [4.78, 5) is 13.4. The molecule has 1 aliphatic rings. The molecule has 0 atom stereocenters. The maximum atomic E-state index is 5.79. The topological polar surface area (TPSA) is 59.3 Å². The van der Waals surface area contributed by atoms with Gasteiger partial charge in [0.05, 0.1) is 0 Å². The summed E-state index contributed by atoms with van der Waals surface area (Å²) < 4.78 is 7.54. The van der Waals surface area contributed by atoms with E-state index < -0.39 is 0 Å². The van der Waals surface area contributed by atoms with Crippen molar-refractivity contribution in [3.63, 3.8) is 0 Å². The highest BCUT2D eigenvalue weighted by Gasteiger charge is 2.18. The monoisotopic (exact) mass is 350 g/mol. The van der Waals surface area contributed by atoms with E-state index in [1.165, 1.54) is 0 Å². The van der Waals surface area contributed by atoms with E-state index in [9.17, 15) is 0 Å². The predicted octanol–water partition coefficient (Wildman–Crippen LogP) is 1.86. The Kier molecular flexibility index (Phi) is 5.07. The van der Waals surface area contributed by atoms with Crippen LogP contribution in [-0.4, -0.2) is 64.0 Å². The number of hydrogen-bond acceptors (Lipinski definition) is 6. The molecule has 0 spiro atoms. The normalized spacial score (nSPS) is 15.2. The van der Waals surface area contributed by atoms with Gasteiger partial charge in [0.15, 0.2) is 5.82 Å². The van der Waals surface area contributed by atoms with Crippen LogP contribution in [0.1, 0.15) is 0 Å². The number of hydrogen-bond donors (Lipinski definition) is 0. The lowest BCUT2D eigenvalue weighted by molar-refractivity contribution is 0.200. The molecule has 134 valence electrons. The van der Waals surface area contributed by atoms with Gasteiger partial charge in [-0.2, -0.15) is 5.10 Å². The zero-order valence-electron chi connectivity index (χ0n) is 14.6. The van der Waals surface area contributed by atoms with Gasteiger partial charge in [-0.05, 0) is 18.2 Å². The summed E-state index contributed by atoms with van der Waals surface area (Å²) in [7, 11) is 0. The SMILES string of the molecule is c1ccc(OCCN2CCN(c3cc(-n4cccn4)ncn3)CC2)cc1. The van der Waals surface area contributed by atoms with Crippen LogP contribution in [0, 0.1) is 0 Å². The molecule has 2 aromatic heterocycles. The molecule has 0 radical (unpaired) electrons. The molecule has 1 aliphatic heterocycles. The molecule has 4 rings (SSSR count). The van der Waals surface area contributed by atoms with Crippen molar-refractivity contribution in [3.05, 3.63) is 61.2 Å². The predicted molar refractivity (Wildman–Crippen MR) is 99.7 cm³/mol. The first-order valence-corrected chi connectivity index (χ1v) is 8.86. The summed E-state index contributed by atoms with van der Waals surface area (Å²) in [6.45, 7) is 5.53. The van der Waals surface area contributed by atoms with Crippen molar-refractivity contribution in [2.45, 2.75) is 0 Å². The zero-order chi connectivity index (χ0) is 17.6. The quantitative estimate of drug-likeness (QED) is 0.676. The smallest absolute Gasteiger partial charge is 0.158 e.